The zero-order valence-corrected chi connectivity index (χ0v) is 16.6. The number of carbonyl (C=O) groups is 2. The van der Waals surface area contributed by atoms with Gasteiger partial charge in [0.1, 0.15) is 5.54 Å². The highest BCUT2D eigenvalue weighted by Gasteiger charge is 2.46. The number of rotatable bonds is 7. The van der Waals surface area contributed by atoms with Crippen molar-refractivity contribution in [2.75, 3.05) is 11.4 Å². The zero-order valence-electron chi connectivity index (χ0n) is 16.6. The van der Waals surface area contributed by atoms with Crippen LogP contribution in [-0.2, 0) is 11.3 Å². The van der Waals surface area contributed by atoms with Gasteiger partial charge in [-0.15, -0.1) is 5.01 Å². The minimum absolute atomic E-state index is 0.326. The fourth-order valence-electron chi connectivity index (χ4n) is 3.10. The molecule has 0 spiro atoms. The lowest BCUT2D eigenvalue weighted by Gasteiger charge is -2.23. The first-order chi connectivity index (χ1) is 13.5. The highest BCUT2D eigenvalue weighted by Crippen LogP contribution is 2.21. The van der Waals surface area contributed by atoms with Crippen LogP contribution in [0.15, 0.2) is 59.7 Å². The molecule has 28 heavy (non-hydrogen) atoms. The molecule has 1 aliphatic rings. The molecule has 1 aliphatic heterocycles. The quantitative estimate of drug-likeness (QED) is 0.589. The van der Waals surface area contributed by atoms with Gasteiger partial charge in [0.2, 0.25) is 0 Å². The predicted octanol–water partition coefficient (Wildman–Crippen LogP) is 3.77. The predicted molar refractivity (Wildman–Crippen MR) is 111 cm³/mol. The third-order valence-electron chi connectivity index (χ3n) is 5.13. The molecule has 6 nitrogen and oxygen atoms in total. The molecule has 1 unspecified atom stereocenters. The summed E-state index contributed by atoms with van der Waals surface area (Å²) in [5, 5.41) is 7.69. The van der Waals surface area contributed by atoms with Crippen molar-refractivity contribution in [3.8, 4) is 0 Å². The van der Waals surface area contributed by atoms with E-state index in [9.17, 15) is 9.59 Å². The number of benzene rings is 2. The molecular formula is C22H26N4O2. The van der Waals surface area contributed by atoms with Crippen LogP contribution < -0.4 is 10.2 Å². The molecule has 1 N–H and O–H groups in total. The van der Waals surface area contributed by atoms with Crippen molar-refractivity contribution in [2.45, 2.75) is 39.3 Å². The van der Waals surface area contributed by atoms with Crippen molar-refractivity contribution in [2.24, 2.45) is 5.10 Å². The molecule has 3 amide bonds. The van der Waals surface area contributed by atoms with Crippen LogP contribution in [0.4, 0.5) is 10.5 Å². The Morgan fingerprint density at radius 3 is 2.32 bits per heavy atom. The molecule has 0 radical (unpaired) electrons. The number of amides is 3. The topological polar surface area (TPSA) is 65.0 Å². The number of hydrogen-bond donors (Lipinski definition) is 1. The molecule has 1 fully saturated rings. The molecular weight excluding hydrogens is 352 g/mol. The Bertz CT molecular complexity index is 864. The van der Waals surface area contributed by atoms with Gasteiger partial charge in [-0.25, -0.2) is 4.79 Å². The fourth-order valence-corrected chi connectivity index (χ4v) is 3.10. The molecule has 0 saturated carbocycles. The molecule has 0 aromatic heterocycles. The van der Waals surface area contributed by atoms with Crippen LogP contribution in [0.1, 0.15) is 38.3 Å². The Balaban J connectivity index is 1.69. The Labute approximate surface area is 165 Å². The van der Waals surface area contributed by atoms with Gasteiger partial charge >= 0.3 is 6.03 Å². The van der Waals surface area contributed by atoms with Crippen molar-refractivity contribution < 1.29 is 9.59 Å². The van der Waals surface area contributed by atoms with E-state index in [-0.39, 0.29) is 5.91 Å². The van der Waals surface area contributed by atoms with Gasteiger partial charge in [0.05, 0.1) is 6.21 Å². The molecule has 1 saturated heterocycles. The number of hydrogen-bond acceptors (Lipinski definition) is 4. The lowest BCUT2D eigenvalue weighted by molar-refractivity contribution is -0.130. The Kier molecular flexibility index (Phi) is 5.78. The van der Waals surface area contributed by atoms with Gasteiger partial charge in [0.15, 0.2) is 0 Å². The summed E-state index contributed by atoms with van der Waals surface area (Å²) in [5.74, 6) is -0.326. The van der Waals surface area contributed by atoms with E-state index in [1.807, 2.05) is 49.4 Å². The van der Waals surface area contributed by atoms with Gasteiger partial charge in [-0.3, -0.25) is 4.79 Å². The van der Waals surface area contributed by atoms with Crippen LogP contribution in [0, 0.1) is 0 Å². The van der Waals surface area contributed by atoms with Crippen LogP contribution in [0.3, 0.4) is 0 Å². The number of imide groups is 1. The Hall–Kier alpha value is -3.15. The van der Waals surface area contributed by atoms with E-state index in [1.165, 1.54) is 11.8 Å². The summed E-state index contributed by atoms with van der Waals surface area (Å²) >= 11 is 0. The lowest BCUT2D eigenvalue weighted by Crippen LogP contribution is -2.42. The van der Waals surface area contributed by atoms with E-state index in [1.54, 1.807) is 6.92 Å². The van der Waals surface area contributed by atoms with E-state index >= 15 is 0 Å². The molecule has 2 aromatic rings. The Morgan fingerprint density at radius 2 is 1.75 bits per heavy atom. The van der Waals surface area contributed by atoms with Crippen molar-refractivity contribution >= 4 is 23.8 Å². The minimum Gasteiger partial charge on any atom is -0.367 e. The average Bonchev–Trinajstić information content (AvgIpc) is 2.94. The molecule has 3 rings (SSSR count). The summed E-state index contributed by atoms with van der Waals surface area (Å²) in [6.07, 6.45) is 2.06. The van der Waals surface area contributed by atoms with E-state index in [4.69, 9.17) is 0 Å². The second kappa shape index (κ2) is 8.25. The number of urea groups is 1. The highest BCUT2D eigenvalue weighted by atomic mass is 16.2. The van der Waals surface area contributed by atoms with Gasteiger partial charge in [0, 0.05) is 18.8 Å². The standard InChI is InChI=1S/C22H26N4O2/c1-4-22(3)20(27)26(21(28)24-22)23-15-17-11-13-19(14-12-17)25(5-2)16-18-9-7-6-8-10-18/h6-15H,4-5,16H2,1-3H3,(H,24,28). The second-order valence-corrected chi connectivity index (χ2v) is 7.07. The van der Waals surface area contributed by atoms with Crippen LogP contribution in [0.2, 0.25) is 0 Å². The van der Waals surface area contributed by atoms with Crippen LogP contribution in [-0.4, -0.2) is 35.2 Å². The van der Waals surface area contributed by atoms with E-state index in [0.717, 1.165) is 29.3 Å². The summed E-state index contributed by atoms with van der Waals surface area (Å²) in [5.41, 5.74) is 2.31. The monoisotopic (exact) mass is 378 g/mol. The molecule has 0 aliphatic carbocycles. The van der Waals surface area contributed by atoms with E-state index < -0.39 is 11.6 Å². The van der Waals surface area contributed by atoms with Gasteiger partial charge in [-0.05, 0) is 43.5 Å². The third kappa shape index (κ3) is 4.06. The molecule has 1 heterocycles. The molecule has 1 atom stereocenters. The molecule has 6 heteroatoms. The smallest absolute Gasteiger partial charge is 0.346 e. The summed E-state index contributed by atoms with van der Waals surface area (Å²) in [4.78, 5) is 26.7. The number of nitrogens with one attached hydrogen (secondary N) is 1. The van der Waals surface area contributed by atoms with Gasteiger partial charge in [-0.1, -0.05) is 49.4 Å². The molecule has 0 bridgehead atoms. The van der Waals surface area contributed by atoms with Gasteiger partial charge < -0.3 is 10.2 Å². The van der Waals surface area contributed by atoms with Crippen LogP contribution in [0.5, 0.6) is 0 Å². The first-order valence-electron chi connectivity index (χ1n) is 9.56. The molecule has 146 valence electrons. The van der Waals surface area contributed by atoms with Gasteiger partial charge in [0.25, 0.3) is 5.91 Å². The maximum Gasteiger partial charge on any atom is 0.346 e. The summed E-state index contributed by atoms with van der Waals surface area (Å²) < 4.78 is 0. The summed E-state index contributed by atoms with van der Waals surface area (Å²) in [6, 6.07) is 17.8. The van der Waals surface area contributed by atoms with Crippen molar-refractivity contribution in [3.05, 3.63) is 65.7 Å². The SMILES string of the molecule is CCN(Cc1ccccc1)c1ccc(C=NN2C(=O)NC(C)(CC)C2=O)cc1. The Morgan fingerprint density at radius 1 is 1.07 bits per heavy atom. The lowest BCUT2D eigenvalue weighted by atomic mass is 10.00. The van der Waals surface area contributed by atoms with Crippen molar-refractivity contribution in [1.82, 2.24) is 10.3 Å². The largest absolute Gasteiger partial charge is 0.367 e. The van der Waals surface area contributed by atoms with Crippen molar-refractivity contribution in [3.63, 3.8) is 0 Å². The normalized spacial score (nSPS) is 19.3. The number of carbonyl (C=O) groups excluding carboxylic acids is 2. The maximum atomic E-state index is 12.4. The highest BCUT2D eigenvalue weighted by molar-refractivity contribution is 6.07. The third-order valence-corrected chi connectivity index (χ3v) is 5.13. The molecule has 2 aromatic carbocycles. The number of anilines is 1. The first-order valence-corrected chi connectivity index (χ1v) is 9.56. The van der Waals surface area contributed by atoms with Gasteiger partial charge in [-0.2, -0.15) is 5.10 Å². The van der Waals surface area contributed by atoms with Crippen LogP contribution in [0.25, 0.3) is 0 Å². The first kappa shape index (κ1) is 19.6. The second-order valence-electron chi connectivity index (χ2n) is 7.07. The van der Waals surface area contributed by atoms with Crippen LogP contribution >= 0.6 is 0 Å². The fraction of sp³-hybridized carbons (Fsp3) is 0.318. The minimum atomic E-state index is -0.878. The van der Waals surface area contributed by atoms with Crippen molar-refractivity contribution in [1.29, 1.82) is 0 Å². The summed E-state index contributed by atoms with van der Waals surface area (Å²) in [6.45, 7) is 7.42. The zero-order chi connectivity index (χ0) is 20.1. The maximum absolute atomic E-state index is 12.4. The average molecular weight is 378 g/mol. The van der Waals surface area contributed by atoms with E-state index in [2.05, 4.69) is 34.4 Å². The van der Waals surface area contributed by atoms with E-state index in [0.29, 0.717) is 6.42 Å². The number of hydrazone groups is 1. The number of nitrogens with zero attached hydrogens (tertiary/aromatic N) is 3. The summed E-state index contributed by atoms with van der Waals surface area (Å²) in [7, 11) is 0.